The zero-order valence-corrected chi connectivity index (χ0v) is 35.4. The van der Waals surface area contributed by atoms with E-state index in [-0.39, 0.29) is 23.8 Å². The molecule has 60 heavy (non-hydrogen) atoms. The monoisotopic (exact) mass is 856 g/mol. The minimum Gasteiger partial charge on any atom is -0.469 e. The number of halogens is 1. The molecule has 0 saturated heterocycles. The van der Waals surface area contributed by atoms with Gasteiger partial charge in [-0.1, -0.05) is 60.1 Å². The second-order valence-corrected chi connectivity index (χ2v) is 17.7. The van der Waals surface area contributed by atoms with Crippen molar-refractivity contribution in [1.82, 2.24) is 25.1 Å². The van der Waals surface area contributed by atoms with E-state index in [0.717, 1.165) is 49.0 Å². The molecule has 3 N–H and O–H groups in total. The van der Waals surface area contributed by atoms with Crippen molar-refractivity contribution in [3.05, 3.63) is 146 Å². The summed E-state index contributed by atoms with van der Waals surface area (Å²) in [6.07, 6.45) is 1.56. The number of H-pyrrole nitrogens is 1. The van der Waals surface area contributed by atoms with Crippen LogP contribution < -0.4 is 10.0 Å². The number of fused-ring (bicyclic) bond motifs is 4. The van der Waals surface area contributed by atoms with Crippen LogP contribution in [0.2, 0.25) is 5.02 Å². The van der Waals surface area contributed by atoms with Crippen LogP contribution in [-0.2, 0) is 26.1 Å². The van der Waals surface area contributed by atoms with Crippen LogP contribution >= 0.6 is 22.9 Å². The van der Waals surface area contributed by atoms with Crippen LogP contribution in [0.3, 0.4) is 0 Å². The first kappa shape index (κ1) is 40.2. The van der Waals surface area contributed by atoms with Crippen molar-refractivity contribution in [2.45, 2.75) is 51.6 Å². The Morgan fingerprint density at radius 2 is 1.72 bits per heavy atom. The predicted octanol–water partition coefficient (Wildman–Crippen LogP) is 8.42. The van der Waals surface area contributed by atoms with E-state index in [1.54, 1.807) is 60.0 Å². The number of benzene rings is 4. The molecule has 0 saturated carbocycles. The van der Waals surface area contributed by atoms with E-state index in [4.69, 9.17) is 21.3 Å². The number of nitriles is 1. The minimum absolute atomic E-state index is 0.00665. The first-order valence-electron chi connectivity index (χ1n) is 18.8. The van der Waals surface area contributed by atoms with Crippen molar-refractivity contribution >= 4 is 67.1 Å². The first-order chi connectivity index (χ1) is 28.8. The van der Waals surface area contributed by atoms with Crippen molar-refractivity contribution < 1.29 is 22.7 Å². The highest BCUT2D eigenvalue weighted by atomic mass is 35.5. The SMILES string of the molecule is COC(=O)C[C@@H]1N=C(c2ccc(-c3ccc(C(=O)NCc4ccc(S(=O)(=O)Nc5ccc(C)c6c(C#N)c[nH]c56)cc4)cc3Cl)cc2)c2c(sc(C)c2C)-n2c(C)nnc21. The molecule has 8 rings (SSSR count). The van der Waals surface area contributed by atoms with E-state index in [0.29, 0.717) is 50.0 Å². The number of amides is 1. The van der Waals surface area contributed by atoms with E-state index >= 15 is 0 Å². The molecule has 1 aliphatic heterocycles. The number of aromatic amines is 1. The standard InChI is InChI=1S/C44H37ClN8O5S2/c1-23-6-17-35(41-38(23)31(20-46)22-47-41)52-60(56,57)32-14-7-27(8-15-32)21-48-43(55)30-13-16-33(34(45)18-30)28-9-11-29(12-10-28)40-39-24(2)25(3)59-44(39)53-26(4)50-51-42(53)36(49-40)19-37(54)58-5/h6-18,22,36,47,52H,19,21H2,1-5H3,(H,48,55)/t36-/m0/s1. The Kier molecular flexibility index (Phi) is 10.6. The van der Waals surface area contributed by atoms with Gasteiger partial charge in [-0.3, -0.25) is 23.9 Å². The Morgan fingerprint density at radius 3 is 2.42 bits per heavy atom. The fraction of sp³-hybridized carbons (Fsp3) is 0.182. The highest BCUT2D eigenvalue weighted by Gasteiger charge is 2.32. The van der Waals surface area contributed by atoms with Gasteiger partial charge in [0.15, 0.2) is 5.82 Å². The maximum Gasteiger partial charge on any atom is 0.308 e. The summed E-state index contributed by atoms with van der Waals surface area (Å²) in [6.45, 7) is 8.03. The van der Waals surface area contributed by atoms with Gasteiger partial charge < -0.3 is 15.0 Å². The van der Waals surface area contributed by atoms with Gasteiger partial charge in [0.25, 0.3) is 15.9 Å². The highest BCUT2D eigenvalue weighted by Crippen LogP contribution is 2.40. The zero-order chi connectivity index (χ0) is 42.5. The topological polar surface area (TPSA) is 184 Å². The van der Waals surface area contributed by atoms with Crippen molar-refractivity contribution in [1.29, 1.82) is 5.26 Å². The fourth-order valence-corrected chi connectivity index (χ4v) is 9.91. The number of esters is 1. The molecule has 302 valence electrons. The quantitative estimate of drug-likeness (QED) is 0.115. The Hall–Kier alpha value is -6.60. The van der Waals surface area contributed by atoms with Gasteiger partial charge in [0, 0.05) is 50.3 Å². The molecular weight excluding hydrogens is 820 g/mol. The summed E-state index contributed by atoms with van der Waals surface area (Å²) in [5.41, 5.74) is 8.38. The molecule has 4 heterocycles. The normalized spacial score (nSPS) is 13.5. The summed E-state index contributed by atoms with van der Waals surface area (Å²) in [7, 11) is -2.60. The molecule has 7 aromatic rings. The lowest BCUT2D eigenvalue weighted by Gasteiger charge is -2.13. The number of carbonyl (C=O) groups excluding carboxylic acids is 2. The number of carbonyl (C=O) groups is 2. The van der Waals surface area contributed by atoms with Gasteiger partial charge >= 0.3 is 5.97 Å². The number of rotatable bonds is 10. The van der Waals surface area contributed by atoms with Crippen LogP contribution in [0.5, 0.6) is 0 Å². The van der Waals surface area contributed by atoms with Crippen LogP contribution in [0.1, 0.15) is 72.7 Å². The van der Waals surface area contributed by atoms with Crippen molar-refractivity contribution in [2.24, 2.45) is 4.99 Å². The van der Waals surface area contributed by atoms with Crippen LogP contribution in [0, 0.1) is 39.0 Å². The van der Waals surface area contributed by atoms with E-state index in [1.807, 2.05) is 42.7 Å². The van der Waals surface area contributed by atoms with Crippen molar-refractivity contribution in [3.8, 4) is 22.2 Å². The number of sulfonamides is 1. The summed E-state index contributed by atoms with van der Waals surface area (Å²) >= 11 is 8.42. The van der Waals surface area contributed by atoms with E-state index in [1.165, 1.54) is 19.2 Å². The number of nitrogens with one attached hydrogen (secondary N) is 3. The maximum absolute atomic E-state index is 13.3. The number of aryl methyl sites for hydroxylation is 3. The number of aliphatic imine (C=N–C) groups is 1. The van der Waals surface area contributed by atoms with Gasteiger partial charge in [-0.15, -0.1) is 21.5 Å². The Morgan fingerprint density at radius 1 is 0.983 bits per heavy atom. The molecule has 0 radical (unpaired) electrons. The van der Waals surface area contributed by atoms with Crippen LogP contribution in [0.15, 0.2) is 94.9 Å². The van der Waals surface area contributed by atoms with Gasteiger partial charge in [-0.05, 0) is 80.3 Å². The number of hydrogen-bond acceptors (Lipinski definition) is 10. The lowest BCUT2D eigenvalue weighted by atomic mass is 9.96. The number of anilines is 1. The van der Waals surface area contributed by atoms with Crippen LogP contribution in [0.25, 0.3) is 27.0 Å². The molecule has 0 fully saturated rings. The fourth-order valence-electron chi connectivity index (χ4n) is 7.33. The molecule has 0 aliphatic carbocycles. The first-order valence-corrected chi connectivity index (χ1v) is 21.4. The summed E-state index contributed by atoms with van der Waals surface area (Å²) < 4.78 is 36.2. The Balaban J connectivity index is 0.964. The third-order valence-corrected chi connectivity index (χ3v) is 13.5. The Labute approximate surface area is 354 Å². The molecule has 0 bridgehead atoms. The molecule has 0 spiro atoms. The molecule has 1 amide bonds. The largest absolute Gasteiger partial charge is 0.469 e. The molecule has 4 aromatic carbocycles. The average molecular weight is 857 g/mol. The second-order valence-electron chi connectivity index (χ2n) is 14.4. The van der Waals surface area contributed by atoms with E-state index in [9.17, 15) is 23.3 Å². The molecule has 16 heteroatoms. The van der Waals surface area contributed by atoms with Crippen molar-refractivity contribution in [3.63, 3.8) is 0 Å². The van der Waals surface area contributed by atoms with E-state index in [2.05, 4.69) is 45.1 Å². The molecule has 1 atom stereocenters. The smallest absolute Gasteiger partial charge is 0.308 e. The molecule has 3 aromatic heterocycles. The lowest BCUT2D eigenvalue weighted by Crippen LogP contribution is -2.22. The average Bonchev–Trinajstić information content (AvgIpc) is 3.92. The predicted molar refractivity (Wildman–Crippen MR) is 232 cm³/mol. The third kappa shape index (κ3) is 7.34. The molecule has 13 nitrogen and oxygen atoms in total. The number of aromatic nitrogens is 4. The van der Waals surface area contributed by atoms with Crippen LogP contribution in [0.4, 0.5) is 5.69 Å². The number of nitrogens with zero attached hydrogens (tertiary/aromatic N) is 5. The van der Waals surface area contributed by atoms with E-state index < -0.39 is 22.0 Å². The number of methoxy groups -OCH3 is 1. The molecule has 1 aliphatic rings. The summed E-state index contributed by atoms with van der Waals surface area (Å²) in [5, 5.41) is 23.1. The number of ether oxygens (including phenoxy) is 1. The minimum atomic E-state index is -3.96. The molecular formula is C44H37ClN8O5S2. The number of thiophene rings is 1. The summed E-state index contributed by atoms with van der Waals surface area (Å²) in [6, 6.07) is 24.1. The van der Waals surface area contributed by atoms with Gasteiger partial charge in [0.1, 0.15) is 22.9 Å². The Bertz CT molecular complexity index is 3050. The van der Waals surface area contributed by atoms with Gasteiger partial charge in [-0.2, -0.15) is 5.26 Å². The summed E-state index contributed by atoms with van der Waals surface area (Å²) in [5.74, 6) is 0.530. The third-order valence-electron chi connectivity index (χ3n) is 10.6. The summed E-state index contributed by atoms with van der Waals surface area (Å²) in [4.78, 5) is 35.0. The zero-order valence-electron chi connectivity index (χ0n) is 33.0. The van der Waals surface area contributed by atoms with Crippen LogP contribution in [-0.4, -0.2) is 52.9 Å². The van der Waals surface area contributed by atoms with Gasteiger partial charge in [-0.25, -0.2) is 8.42 Å². The number of hydrogen-bond donors (Lipinski definition) is 3. The molecule has 0 unspecified atom stereocenters. The lowest BCUT2D eigenvalue weighted by molar-refractivity contribution is -0.141. The van der Waals surface area contributed by atoms with Crippen molar-refractivity contribution in [2.75, 3.05) is 11.8 Å². The highest BCUT2D eigenvalue weighted by molar-refractivity contribution is 7.92. The maximum atomic E-state index is 13.3. The second kappa shape index (κ2) is 15.9. The van der Waals surface area contributed by atoms with Gasteiger partial charge in [0.2, 0.25) is 0 Å². The van der Waals surface area contributed by atoms with Gasteiger partial charge in [0.05, 0.1) is 40.9 Å².